The minimum Gasteiger partial charge on any atom is -0.301 e. The van der Waals surface area contributed by atoms with Crippen LogP contribution in [0.25, 0.3) is 32.8 Å². The van der Waals surface area contributed by atoms with Crippen LogP contribution in [0.4, 0.5) is 0 Å². The number of fused-ring (bicyclic) bond motifs is 3. The van der Waals surface area contributed by atoms with Gasteiger partial charge in [0, 0.05) is 30.6 Å². The molecule has 1 unspecified atom stereocenters. The summed E-state index contributed by atoms with van der Waals surface area (Å²) in [5.41, 5.74) is 7.67. The Bertz CT molecular complexity index is 1420. The van der Waals surface area contributed by atoms with Crippen LogP contribution >= 0.6 is 0 Å². The lowest BCUT2D eigenvalue weighted by Gasteiger charge is -2.33. The molecule has 3 nitrogen and oxygen atoms in total. The standard InChI is InChI=1S/C28H23N3/c1-31-16-25-13-21(22-7-9-24-15-29-18-30-28(24)14-22)10-11-26(25)27(17-31)23-8-6-19-4-2-3-5-20(19)12-23/h2-15,18,27H,16-17H2,1H3. The van der Waals surface area contributed by atoms with Crippen LogP contribution in [0.1, 0.15) is 22.6 Å². The van der Waals surface area contributed by atoms with Crippen molar-refractivity contribution in [3.63, 3.8) is 0 Å². The molecule has 1 aliphatic heterocycles. The highest BCUT2D eigenvalue weighted by Crippen LogP contribution is 2.36. The first kappa shape index (κ1) is 18.2. The maximum absolute atomic E-state index is 4.42. The summed E-state index contributed by atoms with van der Waals surface area (Å²) in [6.07, 6.45) is 3.48. The zero-order chi connectivity index (χ0) is 20.8. The third-order valence-corrected chi connectivity index (χ3v) is 6.47. The van der Waals surface area contributed by atoms with Gasteiger partial charge < -0.3 is 4.90 Å². The number of aromatic nitrogens is 2. The maximum Gasteiger partial charge on any atom is 0.116 e. The molecular weight excluding hydrogens is 378 g/mol. The summed E-state index contributed by atoms with van der Waals surface area (Å²) in [4.78, 5) is 11.0. The molecule has 0 saturated carbocycles. The average Bonchev–Trinajstić information content (AvgIpc) is 2.82. The van der Waals surface area contributed by atoms with Gasteiger partial charge in [-0.25, -0.2) is 9.97 Å². The van der Waals surface area contributed by atoms with E-state index in [-0.39, 0.29) is 0 Å². The molecule has 1 aromatic heterocycles. The molecule has 0 aliphatic carbocycles. The van der Waals surface area contributed by atoms with Crippen molar-refractivity contribution in [3.8, 4) is 11.1 Å². The Balaban J connectivity index is 1.42. The molecule has 150 valence electrons. The molecular formula is C28H23N3. The molecule has 0 radical (unpaired) electrons. The van der Waals surface area contributed by atoms with Crippen LogP contribution in [0.3, 0.4) is 0 Å². The molecule has 5 aromatic rings. The quantitative estimate of drug-likeness (QED) is 0.362. The van der Waals surface area contributed by atoms with E-state index in [1.54, 1.807) is 6.33 Å². The first-order valence-corrected chi connectivity index (χ1v) is 10.7. The Labute approximate surface area is 182 Å². The first-order valence-electron chi connectivity index (χ1n) is 10.7. The van der Waals surface area contributed by atoms with Gasteiger partial charge >= 0.3 is 0 Å². The summed E-state index contributed by atoms with van der Waals surface area (Å²) in [6.45, 7) is 2.01. The normalized spacial score (nSPS) is 16.5. The van der Waals surface area contributed by atoms with Gasteiger partial charge in [-0.05, 0) is 57.8 Å². The number of hydrogen-bond donors (Lipinski definition) is 0. The number of nitrogens with zero attached hydrogens (tertiary/aromatic N) is 3. The van der Waals surface area contributed by atoms with E-state index in [2.05, 4.69) is 101 Å². The molecule has 6 rings (SSSR count). The molecule has 2 heterocycles. The fraction of sp³-hybridized carbons (Fsp3) is 0.143. The highest BCUT2D eigenvalue weighted by Gasteiger charge is 2.25. The summed E-state index contributed by atoms with van der Waals surface area (Å²) in [6, 6.07) is 28.9. The van der Waals surface area contributed by atoms with Crippen LogP contribution in [0.5, 0.6) is 0 Å². The smallest absolute Gasteiger partial charge is 0.116 e. The lowest BCUT2D eigenvalue weighted by molar-refractivity contribution is 0.295. The fourth-order valence-corrected chi connectivity index (χ4v) is 4.89. The van der Waals surface area contributed by atoms with Gasteiger partial charge in [-0.15, -0.1) is 0 Å². The van der Waals surface area contributed by atoms with Gasteiger partial charge in [-0.1, -0.05) is 66.7 Å². The molecule has 0 fully saturated rings. The van der Waals surface area contributed by atoms with Crippen molar-refractivity contribution >= 4 is 21.7 Å². The predicted octanol–water partition coefficient (Wildman–Crippen LogP) is 6.03. The SMILES string of the molecule is CN1Cc2cc(-c3ccc4cncnc4c3)ccc2C(c2ccc3ccccc3c2)C1. The topological polar surface area (TPSA) is 29.0 Å². The second-order valence-electron chi connectivity index (χ2n) is 8.57. The highest BCUT2D eigenvalue weighted by atomic mass is 15.1. The van der Waals surface area contributed by atoms with Gasteiger partial charge in [0.1, 0.15) is 6.33 Å². The maximum atomic E-state index is 4.42. The van der Waals surface area contributed by atoms with Crippen molar-refractivity contribution in [3.05, 3.63) is 108 Å². The summed E-state index contributed by atoms with van der Waals surface area (Å²) in [5, 5.41) is 3.68. The number of rotatable bonds is 2. The van der Waals surface area contributed by atoms with E-state index in [0.717, 1.165) is 24.0 Å². The highest BCUT2D eigenvalue weighted by molar-refractivity contribution is 5.84. The molecule has 0 spiro atoms. The third-order valence-electron chi connectivity index (χ3n) is 6.47. The summed E-state index contributed by atoms with van der Waals surface area (Å²) >= 11 is 0. The summed E-state index contributed by atoms with van der Waals surface area (Å²) in [5.74, 6) is 0.386. The molecule has 0 amide bonds. The zero-order valence-corrected chi connectivity index (χ0v) is 17.5. The molecule has 31 heavy (non-hydrogen) atoms. The minimum atomic E-state index is 0.386. The zero-order valence-electron chi connectivity index (χ0n) is 17.5. The summed E-state index contributed by atoms with van der Waals surface area (Å²) < 4.78 is 0. The Kier molecular flexibility index (Phi) is 4.29. The predicted molar refractivity (Wildman–Crippen MR) is 127 cm³/mol. The Hall–Kier alpha value is -3.56. The Morgan fingerprint density at radius 1 is 0.806 bits per heavy atom. The molecule has 1 atom stereocenters. The van der Waals surface area contributed by atoms with Crippen molar-refractivity contribution in [2.24, 2.45) is 0 Å². The largest absolute Gasteiger partial charge is 0.301 e. The number of benzene rings is 4. The summed E-state index contributed by atoms with van der Waals surface area (Å²) in [7, 11) is 2.22. The van der Waals surface area contributed by atoms with Crippen LogP contribution in [-0.4, -0.2) is 28.5 Å². The molecule has 4 aromatic carbocycles. The lowest BCUT2D eigenvalue weighted by atomic mass is 9.83. The van der Waals surface area contributed by atoms with Crippen LogP contribution in [0.2, 0.25) is 0 Å². The van der Waals surface area contributed by atoms with E-state index in [9.17, 15) is 0 Å². The molecule has 0 saturated heterocycles. The van der Waals surface area contributed by atoms with Crippen molar-refractivity contribution in [1.82, 2.24) is 14.9 Å². The van der Waals surface area contributed by atoms with Gasteiger partial charge in [-0.2, -0.15) is 0 Å². The van der Waals surface area contributed by atoms with Gasteiger partial charge in [-0.3, -0.25) is 0 Å². The average molecular weight is 402 g/mol. The number of hydrogen-bond acceptors (Lipinski definition) is 3. The minimum absolute atomic E-state index is 0.386. The van der Waals surface area contributed by atoms with E-state index >= 15 is 0 Å². The van der Waals surface area contributed by atoms with E-state index in [1.807, 2.05) is 6.20 Å². The first-order chi connectivity index (χ1) is 15.2. The second-order valence-corrected chi connectivity index (χ2v) is 8.57. The molecule has 3 heteroatoms. The second kappa shape index (κ2) is 7.29. The van der Waals surface area contributed by atoms with Crippen LogP contribution in [0.15, 0.2) is 91.4 Å². The van der Waals surface area contributed by atoms with Crippen molar-refractivity contribution in [2.75, 3.05) is 13.6 Å². The number of likely N-dealkylation sites (N-methyl/N-ethyl adjacent to an activating group) is 1. The van der Waals surface area contributed by atoms with Crippen molar-refractivity contribution < 1.29 is 0 Å². The third kappa shape index (κ3) is 3.28. The molecule has 0 bridgehead atoms. The van der Waals surface area contributed by atoms with E-state index in [4.69, 9.17) is 0 Å². The van der Waals surface area contributed by atoms with E-state index in [1.165, 1.54) is 38.6 Å². The lowest BCUT2D eigenvalue weighted by Crippen LogP contribution is -2.31. The van der Waals surface area contributed by atoms with Gasteiger partial charge in [0.25, 0.3) is 0 Å². The Morgan fingerprint density at radius 3 is 2.55 bits per heavy atom. The van der Waals surface area contributed by atoms with Gasteiger partial charge in [0.15, 0.2) is 0 Å². The molecule has 1 aliphatic rings. The van der Waals surface area contributed by atoms with E-state index in [0.29, 0.717) is 5.92 Å². The van der Waals surface area contributed by atoms with Crippen LogP contribution in [0, 0.1) is 0 Å². The van der Waals surface area contributed by atoms with Crippen molar-refractivity contribution in [2.45, 2.75) is 12.5 Å². The van der Waals surface area contributed by atoms with Crippen LogP contribution < -0.4 is 0 Å². The monoisotopic (exact) mass is 401 g/mol. The van der Waals surface area contributed by atoms with Crippen molar-refractivity contribution in [1.29, 1.82) is 0 Å². The fourth-order valence-electron chi connectivity index (χ4n) is 4.89. The Morgan fingerprint density at radius 2 is 1.61 bits per heavy atom. The van der Waals surface area contributed by atoms with E-state index < -0.39 is 0 Å². The van der Waals surface area contributed by atoms with Gasteiger partial charge in [0.2, 0.25) is 0 Å². The molecule has 0 N–H and O–H groups in total. The van der Waals surface area contributed by atoms with Crippen LogP contribution in [-0.2, 0) is 6.54 Å². The van der Waals surface area contributed by atoms with Gasteiger partial charge in [0.05, 0.1) is 5.52 Å².